The monoisotopic (exact) mass is 352 g/mol. The van der Waals surface area contributed by atoms with E-state index in [4.69, 9.17) is 4.74 Å². The fourth-order valence-electron chi connectivity index (χ4n) is 3.46. The molecule has 0 radical (unpaired) electrons. The lowest BCUT2D eigenvalue weighted by atomic mass is 9.99. The van der Waals surface area contributed by atoms with E-state index in [0.29, 0.717) is 19.0 Å². The van der Waals surface area contributed by atoms with Crippen molar-refractivity contribution in [2.24, 2.45) is 0 Å². The van der Waals surface area contributed by atoms with Gasteiger partial charge in [0.2, 0.25) is 5.91 Å². The van der Waals surface area contributed by atoms with Gasteiger partial charge in [-0.25, -0.2) is 0 Å². The summed E-state index contributed by atoms with van der Waals surface area (Å²) in [5.41, 5.74) is 3.99. The first-order chi connectivity index (χ1) is 12.7. The van der Waals surface area contributed by atoms with Gasteiger partial charge >= 0.3 is 0 Å². The molecule has 2 aromatic rings. The maximum Gasteiger partial charge on any atom is 0.220 e. The molecule has 1 aliphatic heterocycles. The van der Waals surface area contributed by atoms with Gasteiger partial charge in [0.25, 0.3) is 0 Å². The number of nitrogens with zero attached hydrogens (tertiary/aromatic N) is 1. The highest BCUT2D eigenvalue weighted by Gasteiger charge is 2.20. The molecule has 138 valence electrons. The fourth-order valence-corrected chi connectivity index (χ4v) is 3.46. The Kier molecular flexibility index (Phi) is 6.29. The number of carbonyl (C=O) groups excluding carboxylic acids is 1. The normalized spacial score (nSPS) is 15.2. The highest BCUT2D eigenvalue weighted by Crippen LogP contribution is 2.20. The molecule has 0 bridgehead atoms. The van der Waals surface area contributed by atoms with Crippen molar-refractivity contribution in [3.05, 3.63) is 65.2 Å². The molecule has 0 aromatic heterocycles. The topological polar surface area (TPSA) is 41.6 Å². The molecule has 4 heteroatoms. The summed E-state index contributed by atoms with van der Waals surface area (Å²) in [7, 11) is 1.66. The van der Waals surface area contributed by atoms with E-state index in [1.807, 2.05) is 24.3 Å². The molecule has 1 N–H and O–H groups in total. The summed E-state index contributed by atoms with van der Waals surface area (Å²) in [5, 5.41) is 3.09. The second kappa shape index (κ2) is 8.86. The standard InChI is InChI=1S/C22H28N2O2/c1-17(24-13-12-19-7-3-4-8-20(19)16-24)15-23-22(25)11-10-18-6-5-9-21(14-18)26-2/h3-9,14,17H,10-13,15-16H2,1-2H3,(H,23,25). The van der Waals surface area contributed by atoms with Crippen LogP contribution in [0.2, 0.25) is 0 Å². The molecule has 1 amide bonds. The smallest absolute Gasteiger partial charge is 0.220 e. The fraction of sp³-hybridized carbons (Fsp3) is 0.409. The summed E-state index contributed by atoms with van der Waals surface area (Å²) >= 11 is 0. The van der Waals surface area contributed by atoms with E-state index in [9.17, 15) is 4.79 Å². The molecule has 4 nitrogen and oxygen atoms in total. The SMILES string of the molecule is COc1cccc(CCC(=O)NCC(C)N2CCc3ccccc3C2)c1. The summed E-state index contributed by atoms with van der Waals surface area (Å²) in [4.78, 5) is 14.6. The van der Waals surface area contributed by atoms with Crippen molar-refractivity contribution in [2.75, 3.05) is 20.2 Å². The zero-order valence-electron chi connectivity index (χ0n) is 15.7. The molecule has 3 rings (SSSR count). The van der Waals surface area contributed by atoms with Crippen molar-refractivity contribution in [1.82, 2.24) is 10.2 Å². The summed E-state index contributed by atoms with van der Waals surface area (Å²) in [5.74, 6) is 0.944. The van der Waals surface area contributed by atoms with Crippen molar-refractivity contribution in [1.29, 1.82) is 0 Å². The summed E-state index contributed by atoms with van der Waals surface area (Å²) < 4.78 is 5.23. The Bertz CT molecular complexity index is 744. The molecule has 1 atom stereocenters. The van der Waals surface area contributed by atoms with Gasteiger partial charge in [0.05, 0.1) is 7.11 Å². The molecular weight excluding hydrogens is 324 g/mol. The minimum atomic E-state index is 0.108. The number of hydrogen-bond donors (Lipinski definition) is 1. The third-order valence-corrected chi connectivity index (χ3v) is 5.15. The second-order valence-electron chi connectivity index (χ2n) is 6.99. The maximum atomic E-state index is 12.2. The van der Waals surface area contributed by atoms with E-state index >= 15 is 0 Å². The van der Waals surface area contributed by atoms with Crippen LogP contribution in [-0.4, -0.2) is 37.0 Å². The maximum absolute atomic E-state index is 12.2. The van der Waals surface area contributed by atoms with Crippen LogP contribution in [0.4, 0.5) is 0 Å². The van der Waals surface area contributed by atoms with Gasteiger partial charge in [-0.1, -0.05) is 36.4 Å². The van der Waals surface area contributed by atoms with Crippen molar-refractivity contribution in [2.45, 2.75) is 38.8 Å². The molecule has 1 unspecified atom stereocenters. The van der Waals surface area contributed by atoms with Gasteiger partial charge < -0.3 is 10.1 Å². The molecule has 2 aromatic carbocycles. The number of aryl methyl sites for hydroxylation is 1. The molecular formula is C22H28N2O2. The van der Waals surface area contributed by atoms with Gasteiger partial charge in [-0.05, 0) is 48.6 Å². The van der Waals surface area contributed by atoms with E-state index in [1.54, 1.807) is 7.11 Å². The largest absolute Gasteiger partial charge is 0.497 e. The van der Waals surface area contributed by atoms with E-state index in [-0.39, 0.29) is 5.91 Å². The molecule has 1 heterocycles. The van der Waals surface area contributed by atoms with Crippen LogP contribution in [0.5, 0.6) is 5.75 Å². The first-order valence-corrected chi connectivity index (χ1v) is 9.36. The lowest BCUT2D eigenvalue weighted by Crippen LogP contribution is -2.44. The van der Waals surface area contributed by atoms with E-state index in [2.05, 4.69) is 41.4 Å². The zero-order chi connectivity index (χ0) is 18.4. The highest BCUT2D eigenvalue weighted by molar-refractivity contribution is 5.76. The van der Waals surface area contributed by atoms with Crippen LogP contribution in [0.25, 0.3) is 0 Å². The number of methoxy groups -OCH3 is 1. The molecule has 26 heavy (non-hydrogen) atoms. The van der Waals surface area contributed by atoms with Crippen LogP contribution in [0, 0.1) is 0 Å². The van der Waals surface area contributed by atoms with Crippen molar-refractivity contribution >= 4 is 5.91 Å². The third-order valence-electron chi connectivity index (χ3n) is 5.15. The van der Waals surface area contributed by atoms with Crippen LogP contribution in [0.1, 0.15) is 30.0 Å². The van der Waals surface area contributed by atoms with Gasteiger partial charge in [0.15, 0.2) is 0 Å². The van der Waals surface area contributed by atoms with Crippen molar-refractivity contribution < 1.29 is 9.53 Å². The van der Waals surface area contributed by atoms with Crippen LogP contribution in [0.3, 0.4) is 0 Å². The van der Waals surface area contributed by atoms with Crippen molar-refractivity contribution in [3.63, 3.8) is 0 Å². The first kappa shape index (κ1) is 18.5. The van der Waals surface area contributed by atoms with E-state index in [1.165, 1.54) is 11.1 Å². The Morgan fingerprint density at radius 1 is 1.19 bits per heavy atom. The molecule has 0 spiro atoms. The Morgan fingerprint density at radius 2 is 2.00 bits per heavy atom. The van der Waals surface area contributed by atoms with Gasteiger partial charge in [0.1, 0.15) is 5.75 Å². The summed E-state index contributed by atoms with van der Waals surface area (Å²) in [6, 6.07) is 16.9. The van der Waals surface area contributed by atoms with Gasteiger partial charge in [-0.3, -0.25) is 9.69 Å². The number of benzene rings is 2. The average molecular weight is 352 g/mol. The van der Waals surface area contributed by atoms with Gasteiger partial charge in [-0.15, -0.1) is 0 Å². The lowest BCUT2D eigenvalue weighted by Gasteiger charge is -2.33. The Morgan fingerprint density at radius 3 is 2.81 bits per heavy atom. The first-order valence-electron chi connectivity index (χ1n) is 9.36. The number of hydrogen-bond acceptors (Lipinski definition) is 3. The van der Waals surface area contributed by atoms with Crippen LogP contribution >= 0.6 is 0 Å². The minimum Gasteiger partial charge on any atom is -0.497 e. The number of rotatable bonds is 7. The van der Waals surface area contributed by atoms with Crippen molar-refractivity contribution in [3.8, 4) is 5.75 Å². The molecule has 0 saturated carbocycles. The Hall–Kier alpha value is -2.33. The molecule has 0 saturated heterocycles. The van der Waals surface area contributed by atoms with Gasteiger partial charge in [0, 0.05) is 32.1 Å². The number of amides is 1. The number of nitrogens with one attached hydrogen (secondary N) is 1. The molecule has 0 fully saturated rings. The van der Waals surface area contributed by atoms with E-state index < -0.39 is 0 Å². The number of fused-ring (bicyclic) bond motifs is 1. The van der Waals surface area contributed by atoms with E-state index in [0.717, 1.165) is 37.2 Å². The van der Waals surface area contributed by atoms with Crippen LogP contribution < -0.4 is 10.1 Å². The highest BCUT2D eigenvalue weighted by atomic mass is 16.5. The Labute approximate surface area is 156 Å². The zero-order valence-corrected chi connectivity index (χ0v) is 15.7. The third kappa shape index (κ3) is 4.85. The average Bonchev–Trinajstić information content (AvgIpc) is 2.70. The quantitative estimate of drug-likeness (QED) is 0.832. The van der Waals surface area contributed by atoms with Gasteiger partial charge in [-0.2, -0.15) is 0 Å². The number of ether oxygens (including phenoxy) is 1. The Balaban J connectivity index is 1.43. The summed E-state index contributed by atoms with van der Waals surface area (Å²) in [6.07, 6.45) is 2.32. The predicted octanol–water partition coefficient (Wildman–Crippen LogP) is 3.19. The molecule has 1 aliphatic rings. The second-order valence-corrected chi connectivity index (χ2v) is 6.99. The van der Waals surface area contributed by atoms with Crippen LogP contribution in [0.15, 0.2) is 48.5 Å². The minimum absolute atomic E-state index is 0.108. The molecule has 0 aliphatic carbocycles. The predicted molar refractivity (Wildman–Crippen MR) is 104 cm³/mol. The lowest BCUT2D eigenvalue weighted by molar-refractivity contribution is -0.121. The summed E-state index contributed by atoms with van der Waals surface area (Å²) in [6.45, 7) is 4.91. The van der Waals surface area contributed by atoms with Crippen LogP contribution in [-0.2, 0) is 24.2 Å². The number of carbonyl (C=O) groups is 1.